The molecular weight excluding hydrogens is 441 g/mol. The maximum Gasteiger partial charge on any atom is 0.319 e. The lowest BCUT2D eigenvalue weighted by Gasteiger charge is -2.18. The number of imidazole rings is 1. The molecule has 3 N–H and O–H groups in total. The molecule has 0 bridgehead atoms. The molecule has 1 aromatic carbocycles. The Morgan fingerprint density at radius 2 is 2.14 bits per heavy atom. The van der Waals surface area contributed by atoms with Crippen LogP contribution in [0.5, 0.6) is 0 Å². The zero-order valence-corrected chi connectivity index (χ0v) is 17.3. The normalized spacial score (nSPS) is 13.1. The predicted octanol–water partition coefficient (Wildman–Crippen LogP) is 3.79. The van der Waals surface area contributed by atoms with Crippen molar-refractivity contribution in [3.8, 4) is 0 Å². The minimum atomic E-state index is -0.595. The summed E-state index contributed by atoms with van der Waals surface area (Å²) in [6.45, 7) is 2.35. The summed E-state index contributed by atoms with van der Waals surface area (Å²) in [6, 6.07) is 4.30. The summed E-state index contributed by atoms with van der Waals surface area (Å²) in [7, 11) is 0. The van der Waals surface area contributed by atoms with E-state index in [1.165, 1.54) is 6.07 Å². The van der Waals surface area contributed by atoms with Gasteiger partial charge in [-0.1, -0.05) is 0 Å². The SMILES string of the molecule is Cc1cc(Br)cn2cc(CCNC(=O)Nc3cc4c(cc3F)NC(=O)CC4)nc12. The molecule has 2 aromatic heterocycles. The van der Waals surface area contributed by atoms with Crippen molar-refractivity contribution in [2.24, 2.45) is 0 Å². The Kier molecular flexibility index (Phi) is 5.23. The van der Waals surface area contributed by atoms with Gasteiger partial charge in [-0.25, -0.2) is 14.2 Å². The second-order valence-corrected chi connectivity index (χ2v) is 7.89. The van der Waals surface area contributed by atoms with E-state index in [0.717, 1.165) is 26.9 Å². The van der Waals surface area contributed by atoms with Crippen LogP contribution in [0.1, 0.15) is 23.2 Å². The van der Waals surface area contributed by atoms with E-state index in [2.05, 4.69) is 36.9 Å². The molecule has 0 spiro atoms. The molecule has 1 aliphatic rings. The van der Waals surface area contributed by atoms with E-state index in [4.69, 9.17) is 0 Å². The number of nitrogens with one attached hydrogen (secondary N) is 3. The van der Waals surface area contributed by atoms with E-state index in [0.29, 0.717) is 31.5 Å². The van der Waals surface area contributed by atoms with Crippen LogP contribution in [0.15, 0.2) is 35.1 Å². The fourth-order valence-corrected chi connectivity index (χ4v) is 3.93. The highest BCUT2D eigenvalue weighted by molar-refractivity contribution is 9.10. The molecule has 7 nitrogen and oxygen atoms in total. The van der Waals surface area contributed by atoms with E-state index in [1.54, 1.807) is 6.07 Å². The summed E-state index contributed by atoms with van der Waals surface area (Å²) >= 11 is 3.46. The number of aromatic nitrogens is 2. The van der Waals surface area contributed by atoms with Crippen molar-refractivity contribution in [2.75, 3.05) is 17.2 Å². The van der Waals surface area contributed by atoms with Crippen molar-refractivity contribution in [2.45, 2.75) is 26.2 Å². The quantitative estimate of drug-likeness (QED) is 0.554. The first-order valence-electron chi connectivity index (χ1n) is 9.20. The number of hydrogen-bond acceptors (Lipinski definition) is 3. The van der Waals surface area contributed by atoms with Crippen molar-refractivity contribution in [1.29, 1.82) is 0 Å². The van der Waals surface area contributed by atoms with Gasteiger partial charge in [0.2, 0.25) is 5.91 Å². The number of rotatable bonds is 4. The highest BCUT2D eigenvalue weighted by Gasteiger charge is 2.18. The summed E-state index contributed by atoms with van der Waals surface area (Å²) in [5.41, 5.74) is 4.12. The van der Waals surface area contributed by atoms with Crippen LogP contribution in [-0.4, -0.2) is 27.9 Å². The van der Waals surface area contributed by atoms with Crippen LogP contribution in [-0.2, 0) is 17.6 Å². The standard InChI is InChI=1S/C20H19BrFN5O2/c1-11-6-13(21)9-27-10-14(24-19(11)27)4-5-23-20(29)26-17-7-12-2-3-18(28)25-16(12)8-15(17)22/h6-10H,2-5H2,1H3,(H,25,28)(H2,23,26,29). The number of carbonyl (C=O) groups excluding carboxylic acids is 2. The second kappa shape index (κ2) is 7.82. The van der Waals surface area contributed by atoms with Crippen LogP contribution < -0.4 is 16.0 Å². The Balaban J connectivity index is 1.36. The molecule has 0 fully saturated rings. The Bertz CT molecular complexity index is 1130. The molecular formula is C20H19BrFN5O2. The zero-order valence-electron chi connectivity index (χ0n) is 15.7. The van der Waals surface area contributed by atoms with Gasteiger partial charge in [0.1, 0.15) is 11.5 Å². The number of anilines is 2. The Labute approximate surface area is 174 Å². The largest absolute Gasteiger partial charge is 0.337 e. The molecule has 4 rings (SSSR count). The van der Waals surface area contributed by atoms with Gasteiger partial charge in [-0.05, 0) is 58.6 Å². The summed E-state index contributed by atoms with van der Waals surface area (Å²) in [5.74, 6) is -0.729. The van der Waals surface area contributed by atoms with Crippen LogP contribution in [0.4, 0.5) is 20.6 Å². The minimum absolute atomic E-state index is 0.0885. The lowest BCUT2D eigenvalue weighted by atomic mass is 10.0. The van der Waals surface area contributed by atoms with Gasteiger partial charge >= 0.3 is 6.03 Å². The second-order valence-electron chi connectivity index (χ2n) is 6.97. The van der Waals surface area contributed by atoms with Gasteiger partial charge in [0.15, 0.2) is 0 Å². The smallest absolute Gasteiger partial charge is 0.319 e. The fraction of sp³-hybridized carbons (Fsp3) is 0.250. The van der Waals surface area contributed by atoms with Gasteiger partial charge in [0.25, 0.3) is 0 Å². The Hall–Kier alpha value is -2.94. The van der Waals surface area contributed by atoms with Crippen LogP contribution in [0.25, 0.3) is 5.65 Å². The maximum atomic E-state index is 14.2. The van der Waals surface area contributed by atoms with Crippen LogP contribution in [0.2, 0.25) is 0 Å². The summed E-state index contributed by atoms with van der Waals surface area (Å²) < 4.78 is 17.1. The number of carbonyl (C=O) groups is 2. The molecule has 0 saturated carbocycles. The maximum absolute atomic E-state index is 14.2. The lowest BCUT2D eigenvalue weighted by molar-refractivity contribution is -0.116. The number of hydrogen-bond donors (Lipinski definition) is 3. The van der Waals surface area contributed by atoms with Crippen molar-refractivity contribution >= 4 is 44.9 Å². The van der Waals surface area contributed by atoms with Gasteiger partial charge in [-0.3, -0.25) is 4.79 Å². The van der Waals surface area contributed by atoms with Crippen molar-refractivity contribution in [3.05, 3.63) is 57.7 Å². The van der Waals surface area contributed by atoms with E-state index in [1.807, 2.05) is 29.8 Å². The highest BCUT2D eigenvalue weighted by Crippen LogP contribution is 2.28. The molecule has 0 saturated heterocycles. The summed E-state index contributed by atoms with van der Waals surface area (Å²) in [5, 5.41) is 7.88. The number of pyridine rings is 1. The van der Waals surface area contributed by atoms with Crippen molar-refractivity contribution in [3.63, 3.8) is 0 Å². The third-order valence-electron chi connectivity index (χ3n) is 4.75. The monoisotopic (exact) mass is 459 g/mol. The van der Waals surface area contributed by atoms with E-state index < -0.39 is 11.8 Å². The van der Waals surface area contributed by atoms with E-state index in [-0.39, 0.29) is 11.6 Å². The molecule has 9 heteroatoms. The minimum Gasteiger partial charge on any atom is -0.337 e. The summed E-state index contributed by atoms with van der Waals surface area (Å²) in [6.07, 6.45) is 5.26. The molecule has 3 heterocycles. The molecule has 29 heavy (non-hydrogen) atoms. The lowest BCUT2D eigenvalue weighted by Crippen LogP contribution is -2.31. The summed E-state index contributed by atoms with van der Waals surface area (Å²) in [4.78, 5) is 28.1. The number of fused-ring (bicyclic) bond motifs is 2. The number of aryl methyl sites for hydroxylation is 2. The van der Waals surface area contributed by atoms with Crippen molar-refractivity contribution < 1.29 is 14.0 Å². The first-order chi connectivity index (χ1) is 13.9. The fourth-order valence-electron chi connectivity index (χ4n) is 3.37. The highest BCUT2D eigenvalue weighted by atomic mass is 79.9. The number of urea groups is 1. The number of amides is 3. The molecule has 1 aliphatic heterocycles. The molecule has 0 aliphatic carbocycles. The Morgan fingerprint density at radius 1 is 1.31 bits per heavy atom. The Morgan fingerprint density at radius 3 is 2.97 bits per heavy atom. The first-order valence-corrected chi connectivity index (χ1v) is 9.99. The van der Waals surface area contributed by atoms with E-state index >= 15 is 0 Å². The molecule has 0 radical (unpaired) electrons. The number of halogens is 2. The van der Waals surface area contributed by atoms with Gasteiger partial charge < -0.3 is 20.4 Å². The topological polar surface area (TPSA) is 87.5 Å². The third-order valence-corrected chi connectivity index (χ3v) is 5.19. The van der Waals surface area contributed by atoms with Crippen LogP contribution >= 0.6 is 15.9 Å². The van der Waals surface area contributed by atoms with Crippen LogP contribution in [0.3, 0.4) is 0 Å². The van der Waals surface area contributed by atoms with E-state index in [9.17, 15) is 14.0 Å². The number of benzene rings is 1. The first kappa shape index (κ1) is 19.4. The third kappa shape index (κ3) is 4.24. The average molecular weight is 460 g/mol. The van der Waals surface area contributed by atoms with Gasteiger partial charge in [-0.2, -0.15) is 0 Å². The van der Waals surface area contributed by atoms with Crippen molar-refractivity contribution in [1.82, 2.24) is 14.7 Å². The zero-order chi connectivity index (χ0) is 20.5. The van der Waals surface area contributed by atoms with Gasteiger partial charge in [-0.15, -0.1) is 0 Å². The average Bonchev–Trinajstić information content (AvgIpc) is 3.05. The molecule has 0 unspecified atom stereocenters. The van der Waals surface area contributed by atoms with Crippen LogP contribution in [0, 0.1) is 12.7 Å². The van der Waals surface area contributed by atoms with Gasteiger partial charge in [0, 0.05) is 41.9 Å². The number of nitrogens with zero attached hydrogens (tertiary/aromatic N) is 2. The molecule has 3 aromatic rings. The molecule has 3 amide bonds. The molecule has 150 valence electrons. The predicted molar refractivity (Wildman–Crippen MR) is 112 cm³/mol. The molecule has 0 atom stereocenters. The van der Waals surface area contributed by atoms with Gasteiger partial charge in [0.05, 0.1) is 11.4 Å².